The second-order valence-electron chi connectivity index (χ2n) is 6.61. The lowest BCUT2D eigenvalue weighted by molar-refractivity contribution is -0.121. The molecule has 1 rings (SSSR count). The molecule has 9 heteroatoms. The van der Waals surface area contributed by atoms with Gasteiger partial charge in [0.1, 0.15) is 10.4 Å². The highest BCUT2D eigenvalue weighted by Crippen LogP contribution is 2.27. The van der Waals surface area contributed by atoms with E-state index in [9.17, 15) is 18.5 Å². The molecule has 0 aromatic heterocycles. The van der Waals surface area contributed by atoms with E-state index in [1.807, 2.05) is 13.8 Å². The lowest BCUT2D eigenvalue weighted by Gasteiger charge is -2.27. The molecule has 0 spiro atoms. The zero-order chi connectivity index (χ0) is 20.8. The molecule has 27 heavy (non-hydrogen) atoms. The molecule has 1 aromatic rings. The fourth-order valence-corrected chi connectivity index (χ4v) is 4.29. The summed E-state index contributed by atoms with van der Waals surface area (Å²) in [6, 6.07) is 6.60. The number of anilines is 1. The van der Waals surface area contributed by atoms with Crippen molar-refractivity contribution in [3.05, 3.63) is 23.2 Å². The number of halogens is 1. The summed E-state index contributed by atoms with van der Waals surface area (Å²) in [4.78, 5) is 12.2. The van der Waals surface area contributed by atoms with Crippen LogP contribution in [0.5, 0.6) is 0 Å². The van der Waals surface area contributed by atoms with Crippen molar-refractivity contribution < 1.29 is 13.2 Å². The summed E-state index contributed by atoms with van der Waals surface area (Å²) >= 11 is 6.09. The Morgan fingerprint density at radius 3 is 2.41 bits per heavy atom. The number of sulfonamides is 1. The Bertz CT molecular complexity index is 816. The lowest BCUT2D eigenvalue weighted by atomic mass is 9.90. The zero-order valence-corrected chi connectivity index (χ0v) is 17.9. The van der Waals surface area contributed by atoms with Crippen LogP contribution >= 0.6 is 11.6 Å². The number of nitriles is 1. The maximum atomic E-state index is 12.7. The fourth-order valence-electron chi connectivity index (χ4n) is 2.33. The molecular weight excluding hydrogens is 388 g/mol. The minimum absolute atomic E-state index is 0.0117. The Morgan fingerprint density at radius 2 is 1.93 bits per heavy atom. The molecule has 0 radical (unpaired) electrons. The van der Waals surface area contributed by atoms with Gasteiger partial charge < -0.3 is 10.6 Å². The molecule has 1 amide bonds. The number of nitrogens with zero attached hydrogens (tertiary/aromatic N) is 2. The third kappa shape index (κ3) is 5.58. The van der Waals surface area contributed by atoms with Gasteiger partial charge in [-0.25, -0.2) is 8.42 Å². The van der Waals surface area contributed by atoms with E-state index in [4.69, 9.17) is 11.6 Å². The Labute approximate surface area is 166 Å². The van der Waals surface area contributed by atoms with Gasteiger partial charge in [0.25, 0.3) is 0 Å². The van der Waals surface area contributed by atoms with Crippen molar-refractivity contribution in [3.8, 4) is 6.07 Å². The molecule has 0 heterocycles. The number of carbonyl (C=O) groups is 1. The van der Waals surface area contributed by atoms with E-state index >= 15 is 0 Å². The minimum atomic E-state index is -3.72. The average molecular weight is 415 g/mol. The molecule has 0 aliphatic carbocycles. The molecule has 0 saturated heterocycles. The number of hydrogen-bond donors (Lipinski definition) is 2. The molecule has 0 fully saturated rings. The molecule has 1 unspecified atom stereocenters. The number of carbonyl (C=O) groups excluding carboxylic acids is 1. The first-order valence-corrected chi connectivity index (χ1v) is 10.6. The second-order valence-corrected chi connectivity index (χ2v) is 8.92. The number of amides is 1. The number of nitrogens with one attached hydrogen (secondary N) is 2. The molecule has 2 N–H and O–H groups in total. The van der Waals surface area contributed by atoms with Crippen LogP contribution in [0.2, 0.25) is 5.02 Å². The van der Waals surface area contributed by atoms with Gasteiger partial charge in [-0.05, 0) is 31.0 Å². The van der Waals surface area contributed by atoms with Gasteiger partial charge in [0, 0.05) is 18.8 Å². The predicted molar refractivity (Wildman–Crippen MR) is 107 cm³/mol. The van der Waals surface area contributed by atoms with Crippen molar-refractivity contribution in [2.45, 2.75) is 45.1 Å². The van der Waals surface area contributed by atoms with E-state index in [0.29, 0.717) is 18.8 Å². The van der Waals surface area contributed by atoms with Crippen molar-refractivity contribution in [2.75, 3.05) is 25.0 Å². The van der Waals surface area contributed by atoms with E-state index < -0.39 is 15.6 Å². The summed E-state index contributed by atoms with van der Waals surface area (Å²) in [5.41, 5.74) is -0.529. The van der Waals surface area contributed by atoms with Gasteiger partial charge in [-0.3, -0.25) is 4.79 Å². The van der Waals surface area contributed by atoms with Gasteiger partial charge in [-0.2, -0.15) is 9.57 Å². The summed E-state index contributed by atoms with van der Waals surface area (Å²) in [6.07, 6.45) is 0. The van der Waals surface area contributed by atoms with Crippen molar-refractivity contribution in [1.29, 1.82) is 5.26 Å². The quantitative estimate of drug-likeness (QED) is 0.646. The second kappa shape index (κ2) is 9.40. The van der Waals surface area contributed by atoms with Crippen LogP contribution in [0.25, 0.3) is 0 Å². The van der Waals surface area contributed by atoms with Gasteiger partial charge in [-0.1, -0.05) is 39.3 Å². The Balaban J connectivity index is 2.96. The van der Waals surface area contributed by atoms with Crippen molar-refractivity contribution in [3.63, 3.8) is 0 Å². The molecule has 0 bridgehead atoms. The van der Waals surface area contributed by atoms with Crippen LogP contribution in [0.15, 0.2) is 23.1 Å². The summed E-state index contributed by atoms with van der Waals surface area (Å²) in [7, 11) is -3.72. The van der Waals surface area contributed by atoms with E-state index in [0.717, 1.165) is 0 Å². The highest BCUT2D eigenvalue weighted by molar-refractivity contribution is 7.89. The summed E-state index contributed by atoms with van der Waals surface area (Å²) in [5.74, 6) is -0.427. The highest BCUT2D eigenvalue weighted by Gasteiger charge is 2.30. The summed E-state index contributed by atoms with van der Waals surface area (Å²) < 4.78 is 26.7. The van der Waals surface area contributed by atoms with Crippen LogP contribution in [0.1, 0.15) is 34.6 Å². The van der Waals surface area contributed by atoms with E-state index in [1.54, 1.807) is 26.8 Å². The lowest BCUT2D eigenvalue weighted by Crippen LogP contribution is -2.50. The SMILES string of the molecule is CCN(CC)S(=O)(=O)c1cc(NCC(=O)NC(C)(C#N)C(C)C)ccc1Cl. The van der Waals surface area contributed by atoms with Crippen LogP contribution in [-0.4, -0.2) is 43.8 Å². The maximum absolute atomic E-state index is 12.7. The third-order valence-corrected chi connectivity index (χ3v) is 7.03. The van der Waals surface area contributed by atoms with Crippen LogP contribution in [0, 0.1) is 17.2 Å². The summed E-state index contributed by atoms with van der Waals surface area (Å²) in [5, 5.41) is 15.0. The third-order valence-electron chi connectivity index (χ3n) is 4.49. The van der Waals surface area contributed by atoms with Gasteiger partial charge in [-0.15, -0.1) is 0 Å². The van der Waals surface area contributed by atoms with Crippen molar-refractivity contribution >= 4 is 33.2 Å². The number of rotatable bonds is 9. The van der Waals surface area contributed by atoms with Gasteiger partial charge in [0.15, 0.2) is 0 Å². The van der Waals surface area contributed by atoms with Crippen LogP contribution in [0.3, 0.4) is 0 Å². The molecule has 0 aliphatic heterocycles. The van der Waals surface area contributed by atoms with E-state index in [1.165, 1.54) is 16.4 Å². The Morgan fingerprint density at radius 1 is 1.33 bits per heavy atom. The minimum Gasteiger partial charge on any atom is -0.376 e. The predicted octanol–water partition coefficient (Wildman–Crippen LogP) is 2.84. The smallest absolute Gasteiger partial charge is 0.244 e. The molecule has 0 aliphatic rings. The first kappa shape index (κ1) is 23.2. The first-order valence-electron chi connectivity index (χ1n) is 8.77. The van der Waals surface area contributed by atoms with Crippen molar-refractivity contribution in [1.82, 2.24) is 9.62 Å². The standard InChI is InChI=1S/C18H27ClN4O3S/c1-6-23(7-2)27(25,26)16-10-14(8-9-15(16)19)21-11-17(24)22-18(5,12-20)13(3)4/h8-10,13,21H,6-7,11H2,1-5H3,(H,22,24). The van der Waals surface area contributed by atoms with Crippen LogP contribution in [-0.2, 0) is 14.8 Å². The maximum Gasteiger partial charge on any atom is 0.244 e. The number of benzene rings is 1. The van der Waals surface area contributed by atoms with Gasteiger partial charge in [0.05, 0.1) is 17.6 Å². The fraction of sp³-hybridized carbons (Fsp3) is 0.556. The monoisotopic (exact) mass is 414 g/mol. The Kier molecular flexibility index (Phi) is 8.08. The van der Waals surface area contributed by atoms with Crippen molar-refractivity contribution in [2.24, 2.45) is 5.92 Å². The molecule has 7 nitrogen and oxygen atoms in total. The molecular formula is C18H27ClN4O3S. The van der Waals surface area contributed by atoms with E-state index in [-0.39, 0.29) is 28.3 Å². The Hall–Kier alpha value is -1.82. The average Bonchev–Trinajstić information content (AvgIpc) is 2.61. The normalized spacial score (nSPS) is 13.9. The molecule has 150 valence electrons. The molecule has 1 atom stereocenters. The molecule has 1 aromatic carbocycles. The van der Waals surface area contributed by atoms with Gasteiger partial charge in [0.2, 0.25) is 15.9 Å². The first-order chi connectivity index (χ1) is 12.5. The largest absolute Gasteiger partial charge is 0.376 e. The topological polar surface area (TPSA) is 102 Å². The number of hydrogen-bond acceptors (Lipinski definition) is 5. The zero-order valence-electron chi connectivity index (χ0n) is 16.3. The molecule has 0 saturated carbocycles. The van der Waals surface area contributed by atoms with E-state index in [2.05, 4.69) is 16.7 Å². The van der Waals surface area contributed by atoms with Crippen LogP contribution in [0.4, 0.5) is 5.69 Å². The highest BCUT2D eigenvalue weighted by atomic mass is 35.5. The summed E-state index contributed by atoms with van der Waals surface area (Å²) in [6.45, 7) is 9.42. The van der Waals surface area contributed by atoms with Crippen LogP contribution < -0.4 is 10.6 Å². The van der Waals surface area contributed by atoms with Gasteiger partial charge >= 0.3 is 0 Å².